The van der Waals surface area contributed by atoms with Gasteiger partial charge in [0.15, 0.2) is 5.17 Å². The Kier molecular flexibility index (Phi) is 6.00. The average molecular weight is 398 g/mol. The topological polar surface area (TPSA) is 108 Å². The predicted molar refractivity (Wildman–Crippen MR) is 108 cm³/mol. The number of carbonyl (C=O) groups excluding carboxylic acids is 1. The van der Waals surface area contributed by atoms with Crippen molar-refractivity contribution in [2.24, 2.45) is 4.99 Å². The van der Waals surface area contributed by atoms with Crippen LogP contribution in [-0.4, -0.2) is 33.9 Å². The van der Waals surface area contributed by atoms with Crippen LogP contribution in [0.5, 0.6) is 11.5 Å². The van der Waals surface area contributed by atoms with Crippen LogP contribution in [0.25, 0.3) is 6.08 Å². The Morgan fingerprint density at radius 1 is 1.29 bits per heavy atom. The molecule has 28 heavy (non-hydrogen) atoms. The lowest BCUT2D eigenvalue weighted by Crippen LogP contribution is -2.19. The summed E-state index contributed by atoms with van der Waals surface area (Å²) in [6.07, 6.45) is 1.57. The third kappa shape index (κ3) is 4.92. The number of carbonyl (C=O) groups is 2. The van der Waals surface area contributed by atoms with E-state index in [1.54, 1.807) is 36.4 Å². The summed E-state index contributed by atoms with van der Waals surface area (Å²) < 4.78 is 5.52. The highest BCUT2D eigenvalue weighted by molar-refractivity contribution is 8.18. The van der Waals surface area contributed by atoms with Gasteiger partial charge in [0.2, 0.25) is 0 Å². The number of ether oxygens (including phenoxy) is 1. The van der Waals surface area contributed by atoms with E-state index in [0.29, 0.717) is 27.1 Å². The molecule has 0 aliphatic carbocycles. The number of phenolic OH excluding ortho intramolecular Hbond substituents is 1. The van der Waals surface area contributed by atoms with Crippen molar-refractivity contribution in [3.63, 3.8) is 0 Å². The molecule has 1 fully saturated rings. The van der Waals surface area contributed by atoms with Crippen LogP contribution in [0, 0.1) is 6.92 Å². The van der Waals surface area contributed by atoms with Gasteiger partial charge in [-0.15, -0.1) is 0 Å². The molecule has 0 saturated carbocycles. The van der Waals surface area contributed by atoms with Crippen LogP contribution in [0.1, 0.15) is 17.5 Å². The number of aryl methyl sites for hydroxylation is 1. The summed E-state index contributed by atoms with van der Waals surface area (Å²) in [6, 6.07) is 11.9. The minimum atomic E-state index is -0.938. The summed E-state index contributed by atoms with van der Waals surface area (Å²) in [5.41, 5.74) is 2.11. The summed E-state index contributed by atoms with van der Waals surface area (Å²) in [4.78, 5) is 27.8. The van der Waals surface area contributed by atoms with Crippen LogP contribution in [0.4, 0.5) is 5.69 Å². The monoisotopic (exact) mass is 398 g/mol. The number of nitrogens with one attached hydrogen (secondary N) is 1. The zero-order valence-electron chi connectivity index (χ0n) is 15.0. The standard InChI is InChI=1S/C20H18N2O5S/c1-12-10-14(23)6-7-15(12)21-20-22-19(26)17(28-20)11-13-4-2-3-5-16(13)27-9-8-18(24)25/h2-7,10-11,23H,8-9H2,1H3,(H,24,25)(H,21,22,26)/b17-11+. The Morgan fingerprint density at radius 3 is 2.82 bits per heavy atom. The van der Waals surface area contributed by atoms with E-state index < -0.39 is 5.97 Å². The Bertz CT molecular complexity index is 984. The second-order valence-electron chi connectivity index (χ2n) is 5.98. The van der Waals surface area contributed by atoms with Crippen molar-refractivity contribution in [3.05, 3.63) is 58.5 Å². The number of amides is 1. The molecule has 0 unspecified atom stereocenters. The van der Waals surface area contributed by atoms with E-state index in [1.165, 1.54) is 17.8 Å². The molecule has 1 amide bonds. The summed E-state index contributed by atoms with van der Waals surface area (Å²) in [5.74, 6) is -0.554. The number of amidine groups is 1. The molecule has 8 heteroatoms. The second-order valence-corrected chi connectivity index (χ2v) is 7.01. The van der Waals surface area contributed by atoms with Crippen LogP contribution in [0.15, 0.2) is 52.4 Å². The molecule has 0 radical (unpaired) electrons. The van der Waals surface area contributed by atoms with E-state index in [4.69, 9.17) is 9.84 Å². The van der Waals surface area contributed by atoms with E-state index >= 15 is 0 Å². The first kappa shape index (κ1) is 19.5. The Labute approximate surface area is 165 Å². The van der Waals surface area contributed by atoms with Gasteiger partial charge in [-0.2, -0.15) is 0 Å². The smallest absolute Gasteiger partial charge is 0.306 e. The summed E-state index contributed by atoms with van der Waals surface area (Å²) >= 11 is 1.20. The fourth-order valence-electron chi connectivity index (χ4n) is 2.48. The molecule has 3 N–H and O–H groups in total. The highest BCUT2D eigenvalue weighted by atomic mass is 32.2. The number of benzene rings is 2. The molecule has 1 aliphatic rings. The first-order valence-corrected chi connectivity index (χ1v) is 9.27. The Hall–Kier alpha value is -3.26. The van der Waals surface area contributed by atoms with Gasteiger partial charge >= 0.3 is 5.97 Å². The molecule has 0 spiro atoms. The van der Waals surface area contributed by atoms with Gasteiger partial charge in [-0.25, -0.2) is 4.99 Å². The van der Waals surface area contributed by atoms with Crippen LogP contribution in [-0.2, 0) is 9.59 Å². The summed E-state index contributed by atoms with van der Waals surface area (Å²) in [6.45, 7) is 1.86. The maximum atomic E-state index is 12.3. The highest BCUT2D eigenvalue weighted by Gasteiger charge is 2.24. The number of thioether (sulfide) groups is 1. The summed E-state index contributed by atoms with van der Waals surface area (Å²) in [7, 11) is 0. The largest absolute Gasteiger partial charge is 0.508 e. The molecule has 3 rings (SSSR count). The Balaban J connectivity index is 1.79. The zero-order valence-corrected chi connectivity index (χ0v) is 15.8. The molecule has 0 aromatic heterocycles. The lowest BCUT2D eigenvalue weighted by atomic mass is 10.2. The van der Waals surface area contributed by atoms with Crippen LogP contribution >= 0.6 is 11.8 Å². The molecular weight excluding hydrogens is 380 g/mol. The van der Waals surface area contributed by atoms with Gasteiger partial charge in [0.25, 0.3) is 5.91 Å². The number of phenols is 1. The fraction of sp³-hybridized carbons (Fsp3) is 0.150. The number of aliphatic carboxylic acids is 1. The number of nitrogens with zero attached hydrogens (tertiary/aromatic N) is 1. The molecular formula is C20H18N2O5S. The van der Waals surface area contributed by atoms with Gasteiger partial charge in [0, 0.05) is 5.56 Å². The van der Waals surface area contributed by atoms with Crippen molar-refractivity contribution in [1.29, 1.82) is 0 Å². The second kappa shape index (κ2) is 8.62. The first-order chi connectivity index (χ1) is 13.4. The molecule has 144 valence electrons. The maximum Gasteiger partial charge on any atom is 0.306 e. The third-order valence-corrected chi connectivity index (χ3v) is 4.74. The number of carboxylic acid groups (broad SMARTS) is 1. The van der Waals surface area contributed by atoms with Crippen molar-refractivity contribution < 1.29 is 24.5 Å². The average Bonchev–Trinajstić information content (AvgIpc) is 2.98. The molecule has 0 atom stereocenters. The van der Waals surface area contributed by atoms with Crippen LogP contribution < -0.4 is 10.1 Å². The molecule has 2 aromatic rings. The van der Waals surface area contributed by atoms with E-state index in [9.17, 15) is 14.7 Å². The molecule has 1 heterocycles. The lowest BCUT2D eigenvalue weighted by molar-refractivity contribution is -0.137. The van der Waals surface area contributed by atoms with Gasteiger partial charge in [-0.3, -0.25) is 9.59 Å². The molecule has 0 bridgehead atoms. The van der Waals surface area contributed by atoms with Crippen molar-refractivity contribution in [2.45, 2.75) is 13.3 Å². The van der Waals surface area contributed by atoms with Gasteiger partial charge in [0.05, 0.1) is 23.6 Å². The predicted octanol–water partition coefficient (Wildman–Crippen LogP) is 3.45. The fourth-order valence-corrected chi connectivity index (χ4v) is 3.30. The number of aliphatic imine (C=N–C) groups is 1. The van der Waals surface area contributed by atoms with E-state index in [2.05, 4.69) is 10.3 Å². The van der Waals surface area contributed by atoms with E-state index in [-0.39, 0.29) is 24.7 Å². The minimum absolute atomic E-state index is 0.0434. The first-order valence-electron chi connectivity index (χ1n) is 8.45. The van der Waals surface area contributed by atoms with Crippen molar-refractivity contribution in [1.82, 2.24) is 5.32 Å². The van der Waals surface area contributed by atoms with Crippen LogP contribution in [0.3, 0.4) is 0 Å². The lowest BCUT2D eigenvalue weighted by Gasteiger charge is -2.08. The maximum absolute atomic E-state index is 12.3. The number of aromatic hydroxyl groups is 1. The van der Waals surface area contributed by atoms with Gasteiger partial charge in [-0.1, -0.05) is 18.2 Å². The summed E-state index contributed by atoms with van der Waals surface area (Å²) in [5, 5.41) is 21.4. The number of rotatable bonds is 6. The number of carboxylic acids is 1. The SMILES string of the molecule is Cc1cc(O)ccc1N=C1NC(=O)/C(=C\c2ccccc2OCCC(=O)O)S1. The van der Waals surface area contributed by atoms with Crippen molar-refractivity contribution in [3.8, 4) is 11.5 Å². The number of hydrogen-bond donors (Lipinski definition) is 3. The molecule has 1 aliphatic heterocycles. The molecule has 1 saturated heterocycles. The normalized spacial score (nSPS) is 16.4. The molecule has 7 nitrogen and oxygen atoms in total. The number of hydrogen-bond acceptors (Lipinski definition) is 6. The zero-order chi connectivity index (χ0) is 20.1. The number of para-hydroxylation sites is 1. The highest BCUT2D eigenvalue weighted by Crippen LogP contribution is 2.31. The third-order valence-electron chi connectivity index (χ3n) is 3.83. The Morgan fingerprint density at radius 2 is 2.07 bits per heavy atom. The molecule has 2 aromatic carbocycles. The van der Waals surface area contributed by atoms with Crippen molar-refractivity contribution in [2.75, 3.05) is 6.61 Å². The van der Waals surface area contributed by atoms with Crippen LogP contribution in [0.2, 0.25) is 0 Å². The van der Waals surface area contributed by atoms with Gasteiger partial charge in [-0.05, 0) is 54.6 Å². The van der Waals surface area contributed by atoms with Gasteiger partial charge < -0.3 is 20.3 Å². The quantitative estimate of drug-likeness (QED) is 0.643. The van der Waals surface area contributed by atoms with E-state index in [1.807, 2.05) is 13.0 Å². The van der Waals surface area contributed by atoms with Gasteiger partial charge in [0.1, 0.15) is 11.5 Å². The minimum Gasteiger partial charge on any atom is -0.508 e. The van der Waals surface area contributed by atoms with E-state index in [0.717, 1.165) is 5.56 Å². The van der Waals surface area contributed by atoms with Crippen molar-refractivity contribution >= 4 is 40.6 Å².